The maximum atomic E-state index is 4.88. The molecule has 3 rings (SSSR count). The van der Waals surface area contributed by atoms with Crippen molar-refractivity contribution in [1.29, 1.82) is 0 Å². The van der Waals surface area contributed by atoms with Crippen molar-refractivity contribution in [2.75, 3.05) is 6.54 Å². The predicted molar refractivity (Wildman–Crippen MR) is 64.6 cm³/mol. The van der Waals surface area contributed by atoms with Gasteiger partial charge < -0.3 is 9.88 Å². The summed E-state index contributed by atoms with van der Waals surface area (Å²) in [4.78, 5) is 4.88. The lowest BCUT2D eigenvalue weighted by Gasteiger charge is -2.20. The highest BCUT2D eigenvalue weighted by atomic mass is 15.1. The predicted octanol–water partition coefficient (Wildman–Crippen LogP) is 2.38. The van der Waals surface area contributed by atoms with Gasteiger partial charge in [0.05, 0.1) is 5.69 Å². The molecule has 1 aliphatic heterocycles. The number of nitrogens with zero attached hydrogens (tertiary/aromatic N) is 2. The van der Waals surface area contributed by atoms with Crippen molar-refractivity contribution in [3.8, 4) is 0 Å². The van der Waals surface area contributed by atoms with Crippen molar-refractivity contribution in [1.82, 2.24) is 14.9 Å². The molecule has 1 atom stereocenters. The summed E-state index contributed by atoms with van der Waals surface area (Å²) in [6.07, 6.45) is 5.05. The lowest BCUT2D eigenvalue weighted by Crippen LogP contribution is -2.25. The highest BCUT2D eigenvalue weighted by molar-refractivity contribution is 5.24. The second kappa shape index (κ2) is 3.88. The van der Waals surface area contributed by atoms with E-state index in [4.69, 9.17) is 4.98 Å². The topological polar surface area (TPSA) is 29.9 Å². The molecule has 1 unspecified atom stereocenters. The van der Waals surface area contributed by atoms with Crippen LogP contribution in [0.15, 0.2) is 0 Å². The Bertz CT molecular complexity index is 390. The zero-order chi connectivity index (χ0) is 11.1. The largest absolute Gasteiger partial charge is 0.329 e. The second-order valence-electron chi connectivity index (χ2n) is 5.19. The molecule has 2 heterocycles. The molecule has 0 aromatic carbocycles. The molecule has 3 nitrogen and oxygen atoms in total. The number of nitrogens with one attached hydrogen (secondary N) is 1. The second-order valence-corrected chi connectivity index (χ2v) is 5.19. The van der Waals surface area contributed by atoms with Gasteiger partial charge in [0.1, 0.15) is 5.82 Å². The Morgan fingerprint density at radius 2 is 2.31 bits per heavy atom. The van der Waals surface area contributed by atoms with Crippen molar-refractivity contribution in [3.63, 3.8) is 0 Å². The summed E-state index contributed by atoms with van der Waals surface area (Å²) in [6.45, 7) is 6.68. The van der Waals surface area contributed by atoms with E-state index in [-0.39, 0.29) is 0 Å². The number of hydrogen-bond donors (Lipinski definition) is 1. The van der Waals surface area contributed by atoms with Gasteiger partial charge in [-0.1, -0.05) is 6.92 Å². The van der Waals surface area contributed by atoms with E-state index >= 15 is 0 Å². The monoisotopic (exact) mass is 219 g/mol. The number of hydrogen-bond acceptors (Lipinski definition) is 2. The van der Waals surface area contributed by atoms with E-state index in [9.17, 15) is 0 Å². The van der Waals surface area contributed by atoms with E-state index in [1.807, 2.05) is 0 Å². The van der Waals surface area contributed by atoms with Gasteiger partial charge in [0, 0.05) is 37.2 Å². The van der Waals surface area contributed by atoms with Crippen LogP contribution >= 0.6 is 0 Å². The molecule has 1 aromatic heterocycles. The minimum Gasteiger partial charge on any atom is -0.329 e. The van der Waals surface area contributed by atoms with Gasteiger partial charge in [0.2, 0.25) is 0 Å². The van der Waals surface area contributed by atoms with E-state index in [2.05, 4.69) is 23.7 Å². The molecule has 0 radical (unpaired) electrons. The molecule has 0 amide bonds. The Kier molecular flexibility index (Phi) is 2.51. The van der Waals surface area contributed by atoms with E-state index < -0.39 is 0 Å². The number of aromatic nitrogens is 2. The van der Waals surface area contributed by atoms with Crippen LogP contribution in [0, 0.1) is 0 Å². The van der Waals surface area contributed by atoms with Crippen LogP contribution in [0.5, 0.6) is 0 Å². The highest BCUT2D eigenvalue weighted by Crippen LogP contribution is 2.41. The Morgan fingerprint density at radius 1 is 1.50 bits per heavy atom. The molecule has 0 spiro atoms. The van der Waals surface area contributed by atoms with E-state index in [1.165, 1.54) is 36.5 Å². The third-order valence-electron chi connectivity index (χ3n) is 3.93. The zero-order valence-electron chi connectivity index (χ0n) is 10.3. The number of imidazole rings is 1. The van der Waals surface area contributed by atoms with Gasteiger partial charge in [0.15, 0.2) is 0 Å². The average molecular weight is 219 g/mol. The molecule has 1 N–H and O–H groups in total. The number of rotatable bonds is 3. The Balaban J connectivity index is 2.06. The quantitative estimate of drug-likeness (QED) is 0.846. The summed E-state index contributed by atoms with van der Waals surface area (Å²) in [6, 6.07) is 0.616. The maximum absolute atomic E-state index is 4.88. The summed E-state index contributed by atoms with van der Waals surface area (Å²) >= 11 is 0. The molecule has 0 bridgehead atoms. The van der Waals surface area contributed by atoms with Gasteiger partial charge in [-0.05, 0) is 26.2 Å². The standard InChI is InChI=1S/C13H21N3/c1-3-9(2)16-12-6-7-14-8-11(12)15-13(16)10-4-5-10/h9-10,14H,3-8H2,1-2H3. The van der Waals surface area contributed by atoms with Crippen LogP contribution in [0.3, 0.4) is 0 Å². The van der Waals surface area contributed by atoms with Crippen LogP contribution in [0.2, 0.25) is 0 Å². The third-order valence-corrected chi connectivity index (χ3v) is 3.93. The fraction of sp³-hybridized carbons (Fsp3) is 0.769. The van der Waals surface area contributed by atoms with E-state index in [0.29, 0.717) is 6.04 Å². The van der Waals surface area contributed by atoms with Crippen LogP contribution in [-0.4, -0.2) is 16.1 Å². The molecule has 1 aromatic rings. The fourth-order valence-corrected chi connectivity index (χ4v) is 2.66. The zero-order valence-corrected chi connectivity index (χ0v) is 10.3. The van der Waals surface area contributed by atoms with E-state index in [1.54, 1.807) is 0 Å². The summed E-state index contributed by atoms with van der Waals surface area (Å²) in [7, 11) is 0. The van der Waals surface area contributed by atoms with Crippen molar-refractivity contribution in [3.05, 3.63) is 17.2 Å². The van der Waals surface area contributed by atoms with Crippen LogP contribution in [0.1, 0.15) is 62.3 Å². The molecule has 88 valence electrons. The summed E-state index contributed by atoms with van der Waals surface area (Å²) in [5.41, 5.74) is 2.82. The van der Waals surface area contributed by atoms with Crippen LogP contribution in [-0.2, 0) is 13.0 Å². The molecule has 16 heavy (non-hydrogen) atoms. The van der Waals surface area contributed by atoms with Crippen molar-refractivity contribution in [2.24, 2.45) is 0 Å². The van der Waals surface area contributed by atoms with Crippen molar-refractivity contribution in [2.45, 2.75) is 58.0 Å². The van der Waals surface area contributed by atoms with Gasteiger partial charge in [-0.3, -0.25) is 0 Å². The molecular formula is C13H21N3. The van der Waals surface area contributed by atoms with Crippen molar-refractivity contribution >= 4 is 0 Å². The normalized spacial score (nSPS) is 21.9. The van der Waals surface area contributed by atoms with Gasteiger partial charge in [-0.2, -0.15) is 0 Å². The first kappa shape index (κ1) is 10.3. The van der Waals surface area contributed by atoms with Gasteiger partial charge >= 0.3 is 0 Å². The molecule has 0 saturated heterocycles. The maximum Gasteiger partial charge on any atom is 0.112 e. The minimum absolute atomic E-state index is 0.616. The first-order valence-electron chi connectivity index (χ1n) is 6.61. The van der Waals surface area contributed by atoms with Gasteiger partial charge in [0.25, 0.3) is 0 Å². The SMILES string of the molecule is CCC(C)n1c(C2CC2)nc2c1CCNC2. The number of fused-ring (bicyclic) bond motifs is 1. The summed E-state index contributed by atoms with van der Waals surface area (Å²) < 4.78 is 2.55. The minimum atomic E-state index is 0.616. The molecule has 1 aliphatic carbocycles. The molecule has 1 fully saturated rings. The molecule has 3 heteroatoms. The van der Waals surface area contributed by atoms with Gasteiger partial charge in [-0.25, -0.2) is 4.98 Å². The fourth-order valence-electron chi connectivity index (χ4n) is 2.66. The summed E-state index contributed by atoms with van der Waals surface area (Å²) in [5.74, 6) is 2.14. The van der Waals surface area contributed by atoms with Crippen LogP contribution in [0.4, 0.5) is 0 Å². The van der Waals surface area contributed by atoms with E-state index in [0.717, 1.165) is 25.4 Å². The smallest absolute Gasteiger partial charge is 0.112 e. The first-order valence-corrected chi connectivity index (χ1v) is 6.61. The Hall–Kier alpha value is -0.830. The van der Waals surface area contributed by atoms with Gasteiger partial charge in [-0.15, -0.1) is 0 Å². The Morgan fingerprint density at radius 3 is 3.00 bits per heavy atom. The first-order chi connectivity index (χ1) is 7.81. The lowest BCUT2D eigenvalue weighted by atomic mass is 10.1. The molecular weight excluding hydrogens is 198 g/mol. The lowest BCUT2D eigenvalue weighted by molar-refractivity contribution is 0.481. The van der Waals surface area contributed by atoms with Crippen molar-refractivity contribution < 1.29 is 0 Å². The third kappa shape index (κ3) is 1.58. The molecule has 2 aliphatic rings. The summed E-state index contributed by atoms with van der Waals surface area (Å²) in [5, 5.41) is 3.42. The molecule has 1 saturated carbocycles. The van der Waals surface area contributed by atoms with Crippen LogP contribution < -0.4 is 5.32 Å². The Labute approximate surface area is 97.3 Å². The highest BCUT2D eigenvalue weighted by Gasteiger charge is 2.32. The van der Waals surface area contributed by atoms with Crippen LogP contribution in [0.25, 0.3) is 0 Å². The average Bonchev–Trinajstić information content (AvgIpc) is 3.09.